The van der Waals surface area contributed by atoms with E-state index in [1.165, 1.54) is 6.07 Å². The van der Waals surface area contributed by atoms with Crippen LogP contribution in [0.25, 0.3) is 11.0 Å². The lowest BCUT2D eigenvalue weighted by Crippen LogP contribution is -2.08. The molecule has 5 nitrogen and oxygen atoms in total. The number of nitrogens with two attached hydrogens (primary N) is 1. The molecular formula is C12H12FN5. The topological polar surface area (TPSA) is 61.7 Å². The summed E-state index contributed by atoms with van der Waals surface area (Å²) in [6.45, 7) is 0.468. The van der Waals surface area contributed by atoms with Crippen LogP contribution in [0.2, 0.25) is 0 Å². The van der Waals surface area contributed by atoms with Crippen LogP contribution in [-0.2, 0) is 13.6 Å². The molecule has 2 N–H and O–H groups in total. The van der Waals surface area contributed by atoms with Gasteiger partial charge in [0.1, 0.15) is 11.3 Å². The minimum atomic E-state index is -0.363. The monoisotopic (exact) mass is 245 g/mol. The lowest BCUT2D eigenvalue weighted by Gasteiger charge is -2.06. The first kappa shape index (κ1) is 10.8. The quantitative estimate of drug-likeness (QED) is 0.745. The van der Waals surface area contributed by atoms with Gasteiger partial charge in [0.2, 0.25) is 5.95 Å². The van der Waals surface area contributed by atoms with E-state index in [0.29, 0.717) is 17.6 Å². The van der Waals surface area contributed by atoms with Gasteiger partial charge in [0.05, 0.1) is 12.1 Å². The number of imidazole rings is 2. The molecule has 18 heavy (non-hydrogen) atoms. The Morgan fingerprint density at radius 2 is 2.22 bits per heavy atom. The number of nitrogens with zero attached hydrogens (tertiary/aromatic N) is 4. The lowest BCUT2D eigenvalue weighted by atomic mass is 10.3. The number of halogens is 1. The predicted molar refractivity (Wildman–Crippen MR) is 66.4 cm³/mol. The van der Waals surface area contributed by atoms with Gasteiger partial charge in [-0.15, -0.1) is 0 Å². The van der Waals surface area contributed by atoms with Crippen molar-refractivity contribution < 1.29 is 4.39 Å². The normalized spacial score (nSPS) is 11.2. The Kier molecular flexibility index (Phi) is 2.29. The van der Waals surface area contributed by atoms with Gasteiger partial charge < -0.3 is 14.9 Å². The number of para-hydroxylation sites is 1. The van der Waals surface area contributed by atoms with Crippen LogP contribution in [0.3, 0.4) is 0 Å². The van der Waals surface area contributed by atoms with E-state index in [2.05, 4.69) is 9.97 Å². The highest BCUT2D eigenvalue weighted by Gasteiger charge is 2.12. The second-order valence-corrected chi connectivity index (χ2v) is 4.12. The Morgan fingerprint density at radius 1 is 1.39 bits per heavy atom. The molecule has 0 aliphatic heterocycles. The maximum absolute atomic E-state index is 13.6. The summed E-state index contributed by atoms with van der Waals surface area (Å²) in [7, 11) is 1.90. The third-order valence-corrected chi connectivity index (χ3v) is 2.98. The van der Waals surface area contributed by atoms with Gasteiger partial charge in [0.15, 0.2) is 5.82 Å². The predicted octanol–water partition coefficient (Wildman–Crippen LogP) is 1.54. The number of aryl methyl sites for hydroxylation is 1. The molecule has 92 valence electrons. The van der Waals surface area contributed by atoms with Crippen LogP contribution in [0.5, 0.6) is 0 Å². The summed E-state index contributed by atoms with van der Waals surface area (Å²) in [5.41, 5.74) is 6.81. The van der Waals surface area contributed by atoms with E-state index in [1.807, 2.05) is 17.8 Å². The van der Waals surface area contributed by atoms with Crippen molar-refractivity contribution >= 4 is 17.0 Å². The first-order valence-corrected chi connectivity index (χ1v) is 5.53. The van der Waals surface area contributed by atoms with Crippen molar-refractivity contribution in [2.75, 3.05) is 5.73 Å². The molecule has 0 atom stereocenters. The highest BCUT2D eigenvalue weighted by atomic mass is 19.1. The summed E-state index contributed by atoms with van der Waals surface area (Å²) in [4.78, 5) is 8.28. The van der Waals surface area contributed by atoms with Gasteiger partial charge in [0.25, 0.3) is 0 Å². The van der Waals surface area contributed by atoms with Gasteiger partial charge in [-0.1, -0.05) is 6.07 Å². The van der Waals surface area contributed by atoms with E-state index in [0.717, 1.165) is 5.82 Å². The van der Waals surface area contributed by atoms with Crippen molar-refractivity contribution in [3.05, 3.63) is 42.2 Å². The van der Waals surface area contributed by atoms with Crippen LogP contribution >= 0.6 is 0 Å². The minimum Gasteiger partial charge on any atom is -0.369 e. The zero-order valence-electron chi connectivity index (χ0n) is 9.84. The van der Waals surface area contributed by atoms with E-state index < -0.39 is 0 Å². The molecule has 0 amide bonds. The molecule has 2 aromatic heterocycles. The molecule has 1 aromatic carbocycles. The van der Waals surface area contributed by atoms with Gasteiger partial charge in [-0.3, -0.25) is 0 Å². The van der Waals surface area contributed by atoms with Gasteiger partial charge in [0, 0.05) is 19.4 Å². The zero-order valence-corrected chi connectivity index (χ0v) is 9.84. The molecule has 2 heterocycles. The molecule has 6 heteroatoms. The van der Waals surface area contributed by atoms with Crippen molar-refractivity contribution in [1.29, 1.82) is 0 Å². The fourth-order valence-corrected chi connectivity index (χ4v) is 1.99. The summed E-state index contributed by atoms with van der Waals surface area (Å²) in [6, 6.07) is 4.82. The Labute approximate surface area is 103 Å². The van der Waals surface area contributed by atoms with Gasteiger partial charge in [-0.2, -0.15) is 0 Å². The Bertz CT molecular complexity index is 712. The van der Waals surface area contributed by atoms with Crippen molar-refractivity contribution in [3.63, 3.8) is 0 Å². The first-order chi connectivity index (χ1) is 8.66. The average Bonchev–Trinajstić information content (AvgIpc) is 2.87. The standard InChI is InChI=1S/C12H12FN5/c1-17-6-5-15-10(17)7-18-9-4-2-3-8(13)11(9)16-12(18)14/h2-6H,7H2,1H3,(H2,14,16). The third-order valence-electron chi connectivity index (χ3n) is 2.98. The Hall–Kier alpha value is -2.37. The van der Waals surface area contributed by atoms with E-state index in [4.69, 9.17) is 5.73 Å². The van der Waals surface area contributed by atoms with E-state index in [-0.39, 0.29) is 11.8 Å². The fraction of sp³-hybridized carbons (Fsp3) is 0.167. The molecule has 0 aliphatic rings. The maximum atomic E-state index is 13.6. The van der Waals surface area contributed by atoms with Gasteiger partial charge in [-0.25, -0.2) is 14.4 Å². The minimum absolute atomic E-state index is 0.290. The molecule has 0 fully saturated rings. The zero-order chi connectivity index (χ0) is 12.7. The number of anilines is 1. The second kappa shape index (κ2) is 3.83. The summed E-state index contributed by atoms with van der Waals surface area (Å²) < 4.78 is 17.2. The number of benzene rings is 1. The molecule has 3 aromatic rings. The summed E-state index contributed by atoms with van der Waals surface area (Å²) >= 11 is 0. The van der Waals surface area contributed by atoms with E-state index >= 15 is 0 Å². The first-order valence-electron chi connectivity index (χ1n) is 5.53. The van der Waals surface area contributed by atoms with Crippen molar-refractivity contribution in [3.8, 4) is 0 Å². The SMILES string of the molecule is Cn1ccnc1Cn1c(N)nc2c(F)cccc21. The maximum Gasteiger partial charge on any atom is 0.201 e. The average molecular weight is 245 g/mol. The number of hydrogen-bond acceptors (Lipinski definition) is 3. The number of hydrogen-bond donors (Lipinski definition) is 1. The molecule has 0 bridgehead atoms. The highest BCUT2D eigenvalue weighted by Crippen LogP contribution is 2.21. The Balaban J connectivity index is 2.15. The van der Waals surface area contributed by atoms with Crippen LogP contribution in [0, 0.1) is 5.82 Å². The van der Waals surface area contributed by atoms with Gasteiger partial charge >= 0.3 is 0 Å². The largest absolute Gasteiger partial charge is 0.369 e. The van der Waals surface area contributed by atoms with E-state index in [1.54, 1.807) is 22.9 Å². The van der Waals surface area contributed by atoms with Crippen LogP contribution in [0.15, 0.2) is 30.6 Å². The number of nitrogen functional groups attached to an aromatic ring is 1. The molecule has 0 saturated heterocycles. The molecule has 0 unspecified atom stereocenters. The number of aromatic nitrogens is 4. The molecule has 0 radical (unpaired) electrons. The highest BCUT2D eigenvalue weighted by molar-refractivity contribution is 5.78. The smallest absolute Gasteiger partial charge is 0.201 e. The molecular weight excluding hydrogens is 233 g/mol. The van der Waals surface area contributed by atoms with Crippen LogP contribution in [-0.4, -0.2) is 19.1 Å². The Morgan fingerprint density at radius 3 is 2.94 bits per heavy atom. The van der Waals surface area contributed by atoms with Crippen molar-refractivity contribution in [2.45, 2.75) is 6.54 Å². The summed E-state index contributed by atoms with van der Waals surface area (Å²) in [5.74, 6) is 0.765. The van der Waals surface area contributed by atoms with Crippen LogP contribution < -0.4 is 5.73 Å². The molecule has 0 aliphatic carbocycles. The molecule has 3 rings (SSSR count). The molecule has 0 saturated carbocycles. The van der Waals surface area contributed by atoms with Crippen LogP contribution in [0.1, 0.15) is 5.82 Å². The number of fused-ring (bicyclic) bond motifs is 1. The molecule has 0 spiro atoms. The fourth-order valence-electron chi connectivity index (χ4n) is 1.99. The van der Waals surface area contributed by atoms with Crippen molar-refractivity contribution in [2.24, 2.45) is 7.05 Å². The summed E-state index contributed by atoms with van der Waals surface area (Å²) in [6.07, 6.45) is 3.57. The second-order valence-electron chi connectivity index (χ2n) is 4.12. The van der Waals surface area contributed by atoms with Crippen molar-refractivity contribution in [1.82, 2.24) is 19.1 Å². The number of rotatable bonds is 2. The van der Waals surface area contributed by atoms with Crippen LogP contribution in [0.4, 0.5) is 10.3 Å². The van der Waals surface area contributed by atoms with E-state index in [9.17, 15) is 4.39 Å². The summed E-state index contributed by atoms with van der Waals surface area (Å²) in [5, 5.41) is 0. The van der Waals surface area contributed by atoms with Gasteiger partial charge in [-0.05, 0) is 12.1 Å². The lowest BCUT2D eigenvalue weighted by molar-refractivity contribution is 0.637. The third kappa shape index (κ3) is 1.54.